The third-order valence-corrected chi connectivity index (χ3v) is 6.28. The molecule has 164 valence electrons. The molecule has 0 spiro atoms. The minimum absolute atomic E-state index is 0. The molecular formula is C25H32IN5. The molecule has 2 aliphatic rings. The average molecular weight is 529 g/mol. The van der Waals surface area contributed by atoms with Gasteiger partial charge in [0, 0.05) is 31.2 Å². The Bertz CT molecular complexity index is 876. The van der Waals surface area contributed by atoms with Crippen LogP contribution in [0.25, 0.3) is 0 Å². The number of halogens is 1. The zero-order valence-electron chi connectivity index (χ0n) is 18.1. The smallest absolute Gasteiger partial charge is 0.191 e. The van der Waals surface area contributed by atoms with Crippen LogP contribution in [0.4, 0.5) is 0 Å². The fraction of sp³-hybridized carbons (Fsp3) is 0.440. The van der Waals surface area contributed by atoms with Gasteiger partial charge in [0.2, 0.25) is 0 Å². The summed E-state index contributed by atoms with van der Waals surface area (Å²) in [5.74, 6) is 0.891. The van der Waals surface area contributed by atoms with Crippen molar-refractivity contribution in [1.29, 1.82) is 5.26 Å². The van der Waals surface area contributed by atoms with Crippen LogP contribution >= 0.6 is 24.0 Å². The van der Waals surface area contributed by atoms with Crippen LogP contribution in [0.5, 0.6) is 0 Å². The first-order chi connectivity index (χ1) is 14.7. The lowest BCUT2D eigenvalue weighted by Crippen LogP contribution is -2.52. The number of benzene rings is 2. The van der Waals surface area contributed by atoms with Gasteiger partial charge < -0.3 is 10.6 Å². The lowest BCUT2D eigenvalue weighted by Gasteiger charge is -2.39. The van der Waals surface area contributed by atoms with E-state index >= 15 is 0 Å². The first-order valence-corrected chi connectivity index (χ1v) is 11.1. The Labute approximate surface area is 203 Å². The molecule has 0 amide bonds. The van der Waals surface area contributed by atoms with Gasteiger partial charge in [-0.25, -0.2) is 4.99 Å². The van der Waals surface area contributed by atoms with Crippen LogP contribution in [-0.4, -0.2) is 35.5 Å². The van der Waals surface area contributed by atoms with E-state index in [1.165, 1.54) is 31.2 Å². The van der Waals surface area contributed by atoms with Crippen molar-refractivity contribution in [2.45, 2.75) is 63.8 Å². The number of nitrogens with one attached hydrogen (secondary N) is 2. The van der Waals surface area contributed by atoms with Gasteiger partial charge in [0.25, 0.3) is 0 Å². The van der Waals surface area contributed by atoms with Crippen LogP contribution < -0.4 is 10.6 Å². The summed E-state index contributed by atoms with van der Waals surface area (Å²) in [6, 6.07) is 22.4. The van der Waals surface area contributed by atoms with E-state index in [-0.39, 0.29) is 24.0 Å². The summed E-state index contributed by atoms with van der Waals surface area (Å²) < 4.78 is 0. The molecule has 2 heterocycles. The second-order valence-electron chi connectivity index (χ2n) is 8.36. The largest absolute Gasteiger partial charge is 0.357 e. The maximum atomic E-state index is 8.95. The maximum absolute atomic E-state index is 8.95. The van der Waals surface area contributed by atoms with E-state index in [1.807, 2.05) is 24.3 Å². The van der Waals surface area contributed by atoms with Gasteiger partial charge in [-0.05, 0) is 55.9 Å². The quantitative estimate of drug-likeness (QED) is 0.330. The number of nitrogens with zero attached hydrogens (tertiary/aromatic N) is 3. The number of hydrogen-bond donors (Lipinski definition) is 2. The highest BCUT2D eigenvalue weighted by molar-refractivity contribution is 14.0. The molecule has 2 N–H and O–H groups in total. The summed E-state index contributed by atoms with van der Waals surface area (Å²) in [7, 11) is 0. The number of rotatable bonds is 6. The Morgan fingerprint density at radius 3 is 2.32 bits per heavy atom. The van der Waals surface area contributed by atoms with Crippen LogP contribution in [0.2, 0.25) is 0 Å². The van der Waals surface area contributed by atoms with Crippen LogP contribution in [0.15, 0.2) is 59.6 Å². The zero-order valence-corrected chi connectivity index (χ0v) is 20.5. The van der Waals surface area contributed by atoms with Crippen molar-refractivity contribution in [1.82, 2.24) is 15.5 Å². The number of nitriles is 1. The fourth-order valence-corrected chi connectivity index (χ4v) is 4.81. The van der Waals surface area contributed by atoms with Gasteiger partial charge in [-0.2, -0.15) is 5.26 Å². The molecule has 4 rings (SSSR count). The second kappa shape index (κ2) is 11.5. The van der Waals surface area contributed by atoms with Gasteiger partial charge in [-0.1, -0.05) is 42.5 Å². The number of aliphatic imine (C=N–C) groups is 1. The Morgan fingerprint density at radius 2 is 1.71 bits per heavy atom. The van der Waals surface area contributed by atoms with E-state index < -0.39 is 0 Å². The molecule has 0 radical (unpaired) electrons. The van der Waals surface area contributed by atoms with E-state index in [1.54, 1.807) is 0 Å². The molecule has 2 saturated heterocycles. The number of fused-ring (bicyclic) bond motifs is 2. The number of piperidine rings is 1. The Hall–Kier alpha value is -2.11. The Kier molecular flexibility index (Phi) is 8.73. The van der Waals surface area contributed by atoms with Crippen molar-refractivity contribution >= 4 is 29.9 Å². The number of guanidine groups is 1. The number of hydrogen-bond acceptors (Lipinski definition) is 3. The first kappa shape index (κ1) is 23.6. The monoisotopic (exact) mass is 529 g/mol. The zero-order chi connectivity index (χ0) is 20.8. The van der Waals surface area contributed by atoms with Gasteiger partial charge in [0.1, 0.15) is 0 Å². The molecule has 2 fully saturated rings. The molecule has 6 heteroatoms. The summed E-state index contributed by atoms with van der Waals surface area (Å²) in [4.78, 5) is 7.51. The molecular weight excluding hydrogens is 497 g/mol. The van der Waals surface area contributed by atoms with Crippen LogP contribution in [0, 0.1) is 11.3 Å². The minimum atomic E-state index is 0. The molecule has 2 bridgehead atoms. The third kappa shape index (κ3) is 6.20. The predicted molar refractivity (Wildman–Crippen MR) is 136 cm³/mol. The van der Waals surface area contributed by atoms with E-state index in [2.05, 4.69) is 58.9 Å². The average Bonchev–Trinajstić information content (AvgIpc) is 3.01. The molecule has 2 unspecified atom stereocenters. The van der Waals surface area contributed by atoms with E-state index in [9.17, 15) is 0 Å². The predicted octanol–water partition coefficient (Wildman–Crippen LogP) is 4.43. The molecule has 5 nitrogen and oxygen atoms in total. The van der Waals surface area contributed by atoms with Gasteiger partial charge in [-0.15, -0.1) is 24.0 Å². The van der Waals surface area contributed by atoms with Crippen LogP contribution in [0.1, 0.15) is 49.3 Å². The standard InChI is InChI=1S/C25H31N5.HI/c1-2-27-25(28-17-20-10-8-19(16-26)9-11-20)29-22-14-23-12-13-24(15-22)30(23)18-21-6-4-3-5-7-21;/h3-11,22-24H,2,12-15,17-18H2,1H3,(H2,27,28,29);1H. The fourth-order valence-electron chi connectivity index (χ4n) is 4.81. The highest BCUT2D eigenvalue weighted by Crippen LogP contribution is 2.36. The summed E-state index contributed by atoms with van der Waals surface area (Å²) in [5, 5.41) is 16.0. The molecule has 0 aromatic heterocycles. The molecule has 2 aliphatic heterocycles. The lowest BCUT2D eigenvalue weighted by atomic mass is 9.96. The van der Waals surface area contributed by atoms with Crippen molar-refractivity contribution < 1.29 is 0 Å². The molecule has 31 heavy (non-hydrogen) atoms. The van der Waals surface area contributed by atoms with E-state index in [0.29, 0.717) is 30.2 Å². The summed E-state index contributed by atoms with van der Waals surface area (Å²) in [5.41, 5.74) is 3.22. The lowest BCUT2D eigenvalue weighted by molar-refractivity contribution is 0.114. The van der Waals surface area contributed by atoms with Crippen molar-refractivity contribution in [2.75, 3.05) is 6.54 Å². The van der Waals surface area contributed by atoms with Gasteiger partial charge in [0.15, 0.2) is 5.96 Å². The Balaban J connectivity index is 0.00000272. The maximum Gasteiger partial charge on any atom is 0.191 e. The third-order valence-electron chi connectivity index (χ3n) is 6.28. The van der Waals surface area contributed by atoms with Crippen molar-refractivity contribution in [3.05, 3.63) is 71.3 Å². The molecule has 2 atom stereocenters. The van der Waals surface area contributed by atoms with E-state index in [0.717, 1.165) is 24.6 Å². The molecule has 2 aromatic carbocycles. The SMILES string of the molecule is CCNC(=NCc1ccc(C#N)cc1)NC1CC2CCC(C1)N2Cc1ccccc1.I. The van der Waals surface area contributed by atoms with Crippen LogP contribution in [-0.2, 0) is 13.1 Å². The molecule has 0 aliphatic carbocycles. The van der Waals surface area contributed by atoms with Crippen molar-refractivity contribution in [3.63, 3.8) is 0 Å². The van der Waals surface area contributed by atoms with Crippen molar-refractivity contribution in [2.24, 2.45) is 4.99 Å². The van der Waals surface area contributed by atoms with Crippen LogP contribution in [0.3, 0.4) is 0 Å². The topological polar surface area (TPSA) is 63.5 Å². The Morgan fingerprint density at radius 1 is 1.03 bits per heavy atom. The van der Waals surface area contributed by atoms with Gasteiger partial charge in [0.05, 0.1) is 18.2 Å². The first-order valence-electron chi connectivity index (χ1n) is 11.1. The molecule has 0 saturated carbocycles. The highest BCUT2D eigenvalue weighted by atomic mass is 127. The summed E-state index contributed by atoms with van der Waals surface area (Å²) in [6.07, 6.45) is 4.94. The summed E-state index contributed by atoms with van der Waals surface area (Å²) in [6.45, 7) is 4.63. The van der Waals surface area contributed by atoms with E-state index in [4.69, 9.17) is 10.3 Å². The summed E-state index contributed by atoms with van der Waals surface area (Å²) >= 11 is 0. The highest BCUT2D eigenvalue weighted by Gasteiger charge is 2.40. The molecule has 2 aromatic rings. The minimum Gasteiger partial charge on any atom is -0.357 e. The van der Waals surface area contributed by atoms with Gasteiger partial charge >= 0.3 is 0 Å². The normalized spacial score (nSPS) is 23.0. The van der Waals surface area contributed by atoms with Crippen molar-refractivity contribution in [3.8, 4) is 6.07 Å². The second-order valence-corrected chi connectivity index (χ2v) is 8.36. The van der Waals surface area contributed by atoms with Gasteiger partial charge in [-0.3, -0.25) is 4.90 Å².